The van der Waals surface area contributed by atoms with E-state index in [0.29, 0.717) is 33.7 Å². The first-order chi connectivity index (χ1) is 23.1. The number of benzene rings is 2. The second-order valence-electron chi connectivity index (χ2n) is 15.6. The van der Waals surface area contributed by atoms with Gasteiger partial charge in [-0.2, -0.15) is 0 Å². The van der Waals surface area contributed by atoms with Crippen LogP contribution >= 0.6 is 0 Å². The van der Waals surface area contributed by atoms with Gasteiger partial charge in [0, 0.05) is 32.2 Å². The minimum Gasteiger partial charge on any atom is -0.437 e. The van der Waals surface area contributed by atoms with Gasteiger partial charge < -0.3 is 4.42 Å². The molecule has 3 heterocycles. The lowest BCUT2D eigenvalue weighted by Gasteiger charge is -2.60. The second-order valence-corrected chi connectivity index (χ2v) is 15.6. The van der Waals surface area contributed by atoms with Gasteiger partial charge in [0.05, 0.1) is 11.4 Å². The lowest BCUT2D eigenvalue weighted by Crippen LogP contribution is -2.52. The van der Waals surface area contributed by atoms with E-state index in [4.69, 9.17) is 13.5 Å². The zero-order valence-electron chi connectivity index (χ0n) is 29.7. The van der Waals surface area contributed by atoms with Gasteiger partial charge in [0.25, 0.3) is 0 Å². The lowest BCUT2D eigenvalue weighted by atomic mass is 9.44. The fourth-order valence-electron chi connectivity index (χ4n) is 11.1. The Labute approximate surface area is 272 Å². The van der Waals surface area contributed by atoms with E-state index in [2.05, 4.69) is 55.2 Å². The molecule has 4 aliphatic carbocycles. The number of furan rings is 1. The highest BCUT2D eigenvalue weighted by atomic mass is 16.3. The number of para-hydroxylation sites is 1. The largest absolute Gasteiger partial charge is 0.437 e. The maximum absolute atomic E-state index is 7.66. The third-order valence-corrected chi connectivity index (χ3v) is 13.5. The van der Waals surface area contributed by atoms with Crippen molar-refractivity contribution in [1.29, 1.82) is 0 Å². The number of rotatable bonds is 3. The molecular weight excluding hydrogens is 548 g/mol. The van der Waals surface area contributed by atoms with E-state index >= 15 is 0 Å². The van der Waals surface area contributed by atoms with Gasteiger partial charge in [0.2, 0.25) is 5.71 Å². The van der Waals surface area contributed by atoms with Crippen molar-refractivity contribution in [3.8, 4) is 22.5 Å². The number of nitrogens with zero attached hydrogens (tertiary/aromatic N) is 2. The zero-order chi connectivity index (χ0) is 32.8. The molecule has 0 spiro atoms. The van der Waals surface area contributed by atoms with E-state index in [1.807, 2.05) is 18.2 Å². The van der Waals surface area contributed by atoms with Crippen LogP contribution in [0.4, 0.5) is 0 Å². The molecule has 7 atom stereocenters. The average Bonchev–Trinajstić information content (AvgIpc) is 3.68. The third kappa shape index (κ3) is 4.36. The molecule has 5 aromatic rings. The van der Waals surface area contributed by atoms with Crippen LogP contribution in [0.3, 0.4) is 0 Å². The van der Waals surface area contributed by atoms with E-state index in [1.165, 1.54) is 76.0 Å². The maximum Gasteiger partial charge on any atom is 0.227 e. The molecule has 230 valence electrons. The molecule has 0 amide bonds. The molecule has 3 nitrogen and oxygen atoms in total. The molecule has 0 saturated heterocycles. The van der Waals surface area contributed by atoms with E-state index in [1.54, 1.807) is 12.1 Å². The molecule has 0 aliphatic heterocycles. The normalized spacial score (nSPS) is 34.0. The Kier molecular flexibility index (Phi) is 5.65. The summed E-state index contributed by atoms with van der Waals surface area (Å²) in [6, 6.07) is 22.8. The molecule has 45 heavy (non-hydrogen) atoms. The number of aromatic nitrogens is 2. The Bertz CT molecular complexity index is 2000. The van der Waals surface area contributed by atoms with Crippen molar-refractivity contribution in [2.75, 3.05) is 0 Å². The van der Waals surface area contributed by atoms with Crippen molar-refractivity contribution >= 4 is 22.1 Å². The second kappa shape index (κ2) is 10.3. The van der Waals surface area contributed by atoms with Gasteiger partial charge >= 0.3 is 0 Å². The standard InChI is InChI=1S/C42H46N2O/c1-26-9-17-38(43-25-26)34-7-4-6-31-32-16-18-37(44-40(32)45-39(31)34)28-12-10-27(11-13-28)29-19-23-42(3)30(24-29)14-15-33-35-8-5-21-41(35,2)22-20-36(33)42/h4,6-7,9-13,16-18,25,29-30,33,35-36H,5,8,14-15,19-24H2,1-3H3/t29?,30-,33-,35-,36-,41+,42-/m1/s1/i1D3. The average molecular weight is 598 g/mol. The Hall–Kier alpha value is -3.46. The Morgan fingerprint density at radius 1 is 0.800 bits per heavy atom. The van der Waals surface area contributed by atoms with Crippen LogP contribution in [0.25, 0.3) is 44.6 Å². The van der Waals surface area contributed by atoms with E-state index in [0.717, 1.165) is 51.3 Å². The topological polar surface area (TPSA) is 38.9 Å². The summed E-state index contributed by atoms with van der Waals surface area (Å²) in [7, 11) is 0. The summed E-state index contributed by atoms with van der Waals surface area (Å²) in [6.07, 6.45) is 15.8. The lowest BCUT2D eigenvalue weighted by molar-refractivity contribution is -0.106. The van der Waals surface area contributed by atoms with Crippen molar-refractivity contribution < 1.29 is 8.53 Å². The molecule has 4 saturated carbocycles. The summed E-state index contributed by atoms with van der Waals surface area (Å²) in [4.78, 5) is 9.44. The van der Waals surface area contributed by atoms with E-state index in [-0.39, 0.29) is 5.56 Å². The quantitative estimate of drug-likeness (QED) is 0.208. The fraction of sp³-hybridized carbons (Fsp3) is 0.476. The number of aryl methyl sites for hydroxylation is 1. The molecule has 9 rings (SSSR count). The van der Waals surface area contributed by atoms with Crippen LogP contribution < -0.4 is 0 Å². The van der Waals surface area contributed by atoms with Gasteiger partial charge in [-0.15, -0.1) is 0 Å². The van der Waals surface area contributed by atoms with Crippen LogP contribution in [0.5, 0.6) is 0 Å². The van der Waals surface area contributed by atoms with Crippen LogP contribution in [-0.4, -0.2) is 9.97 Å². The maximum atomic E-state index is 7.66. The Balaban J connectivity index is 0.941. The summed E-state index contributed by atoms with van der Waals surface area (Å²) in [5.41, 5.74) is 7.71. The highest BCUT2D eigenvalue weighted by Crippen LogP contribution is 2.67. The van der Waals surface area contributed by atoms with Gasteiger partial charge in [0.1, 0.15) is 5.58 Å². The van der Waals surface area contributed by atoms with Crippen LogP contribution in [-0.2, 0) is 0 Å². The third-order valence-electron chi connectivity index (χ3n) is 13.5. The van der Waals surface area contributed by atoms with Gasteiger partial charge in [-0.25, -0.2) is 4.98 Å². The Morgan fingerprint density at radius 3 is 2.53 bits per heavy atom. The molecule has 3 aromatic heterocycles. The summed E-state index contributed by atoms with van der Waals surface area (Å²) in [5.74, 6) is 4.44. The predicted octanol–water partition coefficient (Wildman–Crippen LogP) is 11.5. The minimum absolute atomic E-state index is 0.227. The molecular formula is C42H46N2O. The highest BCUT2D eigenvalue weighted by Gasteiger charge is 2.57. The molecule has 0 N–H and O–H groups in total. The minimum atomic E-state index is -2.18. The molecule has 4 fully saturated rings. The van der Waals surface area contributed by atoms with Crippen LogP contribution in [0.15, 0.2) is 77.3 Å². The molecule has 0 bridgehead atoms. The van der Waals surface area contributed by atoms with Gasteiger partial charge in [-0.05, 0) is 140 Å². The van der Waals surface area contributed by atoms with Crippen molar-refractivity contribution in [3.63, 3.8) is 0 Å². The molecule has 3 heteroatoms. The van der Waals surface area contributed by atoms with Crippen LogP contribution in [0.2, 0.25) is 0 Å². The SMILES string of the molecule is [2H]C([2H])([2H])c1ccc(-c2cccc3c2oc2nc(-c4ccc(C5CC[C@]6(C)[C@H](CC[C@@H]7[C@H]8CCC[C@@]8(C)CC[C@H]76)C5)cc4)ccc23)nc1. The van der Waals surface area contributed by atoms with Crippen LogP contribution in [0, 0.1) is 41.4 Å². The van der Waals surface area contributed by atoms with E-state index in [9.17, 15) is 0 Å². The smallest absolute Gasteiger partial charge is 0.227 e. The number of fused-ring (bicyclic) bond motifs is 8. The molecule has 1 unspecified atom stereocenters. The molecule has 4 aliphatic rings. The highest BCUT2D eigenvalue weighted by molar-refractivity contribution is 6.08. The predicted molar refractivity (Wildman–Crippen MR) is 184 cm³/mol. The molecule has 2 aromatic carbocycles. The zero-order valence-corrected chi connectivity index (χ0v) is 26.7. The van der Waals surface area contributed by atoms with Gasteiger partial charge in [0.15, 0.2) is 0 Å². The summed E-state index contributed by atoms with van der Waals surface area (Å²) < 4.78 is 29.4. The first-order valence-corrected chi connectivity index (χ1v) is 17.5. The van der Waals surface area contributed by atoms with Crippen molar-refractivity contribution in [3.05, 3.63) is 84.1 Å². The van der Waals surface area contributed by atoms with Crippen LogP contribution in [0.1, 0.15) is 99.2 Å². The summed E-state index contributed by atoms with van der Waals surface area (Å²) in [5, 5.41) is 1.93. The van der Waals surface area contributed by atoms with Gasteiger partial charge in [-0.3, -0.25) is 4.98 Å². The number of pyridine rings is 2. The fourth-order valence-corrected chi connectivity index (χ4v) is 11.1. The number of hydrogen-bond donors (Lipinski definition) is 0. The van der Waals surface area contributed by atoms with Crippen molar-refractivity contribution in [1.82, 2.24) is 9.97 Å². The first-order valence-electron chi connectivity index (χ1n) is 19.0. The Morgan fingerprint density at radius 2 is 1.69 bits per heavy atom. The van der Waals surface area contributed by atoms with Crippen molar-refractivity contribution in [2.45, 2.75) is 90.8 Å². The first kappa shape index (κ1) is 24.7. The van der Waals surface area contributed by atoms with Gasteiger partial charge in [-0.1, -0.05) is 62.7 Å². The summed E-state index contributed by atoms with van der Waals surface area (Å²) in [6.45, 7) is 3.14. The monoisotopic (exact) mass is 597 g/mol. The molecule has 0 radical (unpaired) electrons. The number of hydrogen-bond acceptors (Lipinski definition) is 3. The van der Waals surface area contributed by atoms with E-state index < -0.39 is 6.85 Å². The van der Waals surface area contributed by atoms with Crippen molar-refractivity contribution in [2.24, 2.45) is 34.5 Å². The summed E-state index contributed by atoms with van der Waals surface area (Å²) >= 11 is 0.